The monoisotopic (exact) mass is 481 g/mol. The lowest BCUT2D eigenvalue weighted by Gasteiger charge is -2.11. The van der Waals surface area contributed by atoms with E-state index in [1.165, 1.54) is 17.6 Å². The van der Waals surface area contributed by atoms with Gasteiger partial charge in [0.15, 0.2) is 9.84 Å². The number of thiophene rings is 1. The molecule has 0 aliphatic rings. The number of benzene rings is 2. The summed E-state index contributed by atoms with van der Waals surface area (Å²) in [5, 5.41) is 14.9. The van der Waals surface area contributed by atoms with E-state index in [1.807, 2.05) is 56.3 Å². The highest BCUT2D eigenvalue weighted by Crippen LogP contribution is 2.38. The molecule has 2 aromatic carbocycles. The normalized spacial score (nSPS) is 12.0. The number of rotatable bonds is 5. The second kappa shape index (κ2) is 8.21. The van der Waals surface area contributed by atoms with E-state index in [2.05, 4.69) is 6.07 Å². The van der Waals surface area contributed by atoms with Crippen LogP contribution in [0.4, 0.5) is 0 Å². The van der Waals surface area contributed by atoms with Crippen molar-refractivity contribution >= 4 is 32.8 Å². The average molecular weight is 482 g/mol. The summed E-state index contributed by atoms with van der Waals surface area (Å²) in [6.45, 7) is 3.65. The van der Waals surface area contributed by atoms with Gasteiger partial charge < -0.3 is 0 Å². The minimum absolute atomic E-state index is 0.282. The van der Waals surface area contributed by atoms with Gasteiger partial charge in [-0.3, -0.25) is 0 Å². The van der Waals surface area contributed by atoms with Gasteiger partial charge in [-0.1, -0.05) is 35.9 Å². The Morgan fingerprint density at radius 1 is 1.03 bits per heavy atom. The van der Waals surface area contributed by atoms with Crippen LogP contribution in [-0.2, 0) is 15.3 Å². The van der Waals surface area contributed by atoms with Crippen molar-refractivity contribution in [1.82, 2.24) is 9.78 Å². The molecule has 0 fully saturated rings. The highest BCUT2D eigenvalue weighted by Gasteiger charge is 2.26. The second-order valence-corrected chi connectivity index (χ2v) is 11.5. The van der Waals surface area contributed by atoms with Gasteiger partial charge in [0, 0.05) is 11.1 Å². The van der Waals surface area contributed by atoms with Crippen LogP contribution in [-0.4, -0.2) is 24.5 Å². The summed E-state index contributed by atoms with van der Waals surface area (Å²) in [5.41, 5.74) is 2.23. The molecule has 0 unspecified atom stereocenters. The van der Waals surface area contributed by atoms with Crippen molar-refractivity contribution in [3.63, 3.8) is 0 Å². The third kappa shape index (κ3) is 4.22. The standard InChI is InChI=1S/C24H20ClN3O2S2/c1-24(2,15-26)23-14-20(28(27-23)19-10-5-4-9-18(19)25)22-12-11-21(31-22)16-7-6-8-17(13-16)32(3,29)30/h4-14H,1-3H3. The van der Waals surface area contributed by atoms with Crippen LogP contribution in [0.2, 0.25) is 5.02 Å². The molecule has 0 atom stereocenters. The quantitative estimate of drug-likeness (QED) is 0.343. The van der Waals surface area contributed by atoms with Gasteiger partial charge in [-0.05, 0) is 61.9 Å². The smallest absolute Gasteiger partial charge is 0.175 e. The number of para-hydroxylation sites is 1. The summed E-state index contributed by atoms with van der Waals surface area (Å²) < 4.78 is 25.7. The Morgan fingerprint density at radius 2 is 1.75 bits per heavy atom. The van der Waals surface area contributed by atoms with Crippen molar-refractivity contribution in [2.24, 2.45) is 0 Å². The largest absolute Gasteiger partial charge is 0.230 e. The SMILES string of the molecule is CC(C)(C#N)c1cc(-c2ccc(-c3cccc(S(C)(=O)=O)c3)s2)n(-c2ccccc2Cl)n1. The molecule has 162 valence electrons. The summed E-state index contributed by atoms with van der Waals surface area (Å²) in [4.78, 5) is 2.14. The predicted molar refractivity (Wildman–Crippen MR) is 129 cm³/mol. The molecule has 0 amide bonds. The molecule has 0 aliphatic heterocycles. The molecule has 2 aromatic heterocycles. The van der Waals surface area contributed by atoms with Crippen molar-refractivity contribution in [2.75, 3.05) is 6.26 Å². The molecule has 2 heterocycles. The number of hydrogen-bond donors (Lipinski definition) is 0. The first-order chi connectivity index (χ1) is 15.1. The van der Waals surface area contributed by atoms with Crippen LogP contribution < -0.4 is 0 Å². The molecule has 0 spiro atoms. The average Bonchev–Trinajstić information content (AvgIpc) is 3.41. The Hall–Kier alpha value is -2.92. The first kappa shape index (κ1) is 22.3. The summed E-state index contributed by atoms with van der Waals surface area (Å²) in [5.74, 6) is 0. The lowest BCUT2D eigenvalue weighted by Crippen LogP contribution is -2.15. The third-order valence-corrected chi connectivity index (χ3v) is 7.70. The number of hydrogen-bond acceptors (Lipinski definition) is 5. The lowest BCUT2D eigenvalue weighted by atomic mass is 9.91. The number of sulfone groups is 1. The van der Waals surface area contributed by atoms with Gasteiger partial charge in [0.25, 0.3) is 0 Å². The summed E-state index contributed by atoms with van der Waals surface area (Å²) in [7, 11) is -3.30. The molecule has 4 rings (SSSR count). The molecule has 0 aliphatic carbocycles. The molecular formula is C24H20ClN3O2S2. The van der Waals surface area contributed by atoms with E-state index in [0.29, 0.717) is 10.7 Å². The molecule has 0 radical (unpaired) electrons. The Morgan fingerprint density at radius 3 is 2.44 bits per heavy atom. The van der Waals surface area contributed by atoms with E-state index < -0.39 is 15.3 Å². The van der Waals surface area contributed by atoms with Crippen LogP contribution in [0.15, 0.2) is 71.6 Å². The maximum absolute atomic E-state index is 12.0. The molecule has 0 N–H and O–H groups in total. The number of aromatic nitrogens is 2. The molecule has 0 saturated heterocycles. The van der Waals surface area contributed by atoms with E-state index in [9.17, 15) is 13.7 Å². The van der Waals surface area contributed by atoms with Crippen molar-refractivity contribution in [3.05, 3.63) is 77.4 Å². The zero-order chi connectivity index (χ0) is 23.1. The molecule has 4 aromatic rings. The van der Waals surface area contributed by atoms with Gasteiger partial charge in [-0.15, -0.1) is 11.3 Å². The molecule has 0 saturated carbocycles. The van der Waals surface area contributed by atoms with Crippen molar-refractivity contribution < 1.29 is 8.42 Å². The van der Waals surface area contributed by atoms with Crippen LogP contribution in [0.25, 0.3) is 26.7 Å². The fraction of sp³-hybridized carbons (Fsp3) is 0.167. The highest BCUT2D eigenvalue weighted by molar-refractivity contribution is 7.90. The highest BCUT2D eigenvalue weighted by atomic mass is 35.5. The van der Waals surface area contributed by atoms with Crippen LogP contribution in [0.5, 0.6) is 0 Å². The number of nitrogens with zero attached hydrogens (tertiary/aromatic N) is 3. The summed E-state index contributed by atoms with van der Waals surface area (Å²) in [6.07, 6.45) is 1.20. The lowest BCUT2D eigenvalue weighted by molar-refractivity contribution is 0.602. The third-order valence-electron chi connectivity index (χ3n) is 5.12. The summed E-state index contributed by atoms with van der Waals surface area (Å²) in [6, 6.07) is 22.5. The maximum Gasteiger partial charge on any atom is 0.175 e. The topological polar surface area (TPSA) is 75.8 Å². The van der Waals surface area contributed by atoms with Gasteiger partial charge >= 0.3 is 0 Å². The van der Waals surface area contributed by atoms with E-state index in [0.717, 1.165) is 26.7 Å². The molecule has 8 heteroatoms. The molecule has 5 nitrogen and oxygen atoms in total. The van der Waals surface area contributed by atoms with Gasteiger partial charge in [-0.25, -0.2) is 13.1 Å². The van der Waals surface area contributed by atoms with Crippen LogP contribution in [0, 0.1) is 11.3 Å². The zero-order valence-corrected chi connectivity index (χ0v) is 20.1. The van der Waals surface area contributed by atoms with Crippen molar-refractivity contribution in [1.29, 1.82) is 5.26 Å². The van der Waals surface area contributed by atoms with E-state index in [-0.39, 0.29) is 4.90 Å². The Balaban J connectivity index is 1.86. The van der Waals surface area contributed by atoms with Crippen LogP contribution in [0.1, 0.15) is 19.5 Å². The van der Waals surface area contributed by atoms with Crippen LogP contribution in [0.3, 0.4) is 0 Å². The minimum atomic E-state index is -3.30. The Kier molecular flexibility index (Phi) is 5.72. The first-order valence-corrected chi connectivity index (χ1v) is 12.9. The minimum Gasteiger partial charge on any atom is -0.230 e. The van der Waals surface area contributed by atoms with E-state index in [4.69, 9.17) is 16.7 Å². The molecule has 0 bridgehead atoms. The number of halogens is 1. The zero-order valence-electron chi connectivity index (χ0n) is 17.7. The van der Waals surface area contributed by atoms with Gasteiger partial charge in [0.1, 0.15) is 0 Å². The van der Waals surface area contributed by atoms with E-state index >= 15 is 0 Å². The predicted octanol–water partition coefficient (Wildman–Crippen LogP) is 6.13. The Labute approximate surface area is 196 Å². The molecule has 32 heavy (non-hydrogen) atoms. The van der Waals surface area contributed by atoms with Crippen LogP contribution >= 0.6 is 22.9 Å². The fourth-order valence-electron chi connectivity index (χ4n) is 3.24. The van der Waals surface area contributed by atoms with Gasteiger partial charge in [0.2, 0.25) is 0 Å². The van der Waals surface area contributed by atoms with Crippen molar-refractivity contribution in [3.8, 4) is 32.8 Å². The fourth-order valence-corrected chi connectivity index (χ4v) is 5.12. The second-order valence-electron chi connectivity index (χ2n) is 7.98. The molecular weight excluding hydrogens is 462 g/mol. The maximum atomic E-state index is 12.0. The number of nitriles is 1. The van der Waals surface area contributed by atoms with Gasteiger partial charge in [0.05, 0.1) is 43.4 Å². The van der Waals surface area contributed by atoms with Gasteiger partial charge in [-0.2, -0.15) is 10.4 Å². The van der Waals surface area contributed by atoms with Crippen molar-refractivity contribution in [2.45, 2.75) is 24.2 Å². The summed E-state index contributed by atoms with van der Waals surface area (Å²) >= 11 is 7.98. The first-order valence-electron chi connectivity index (χ1n) is 9.77. The Bertz CT molecular complexity index is 1460. The van der Waals surface area contributed by atoms with E-state index in [1.54, 1.807) is 28.9 Å².